The topological polar surface area (TPSA) is 69.5 Å². The lowest BCUT2D eigenvalue weighted by molar-refractivity contribution is 0.132. The lowest BCUT2D eigenvalue weighted by Gasteiger charge is -2.42. The van der Waals surface area contributed by atoms with Gasteiger partial charge in [0.1, 0.15) is 5.82 Å². The highest BCUT2D eigenvalue weighted by Gasteiger charge is 2.29. The van der Waals surface area contributed by atoms with Gasteiger partial charge in [-0.05, 0) is 117 Å². The molecule has 1 atom stereocenters. The minimum Gasteiger partial charge on any atom is -0.371 e. The first kappa shape index (κ1) is 31.8. The average Bonchev–Trinajstić information content (AvgIpc) is 3.48. The van der Waals surface area contributed by atoms with E-state index in [-0.39, 0.29) is 11.3 Å². The van der Waals surface area contributed by atoms with Gasteiger partial charge < -0.3 is 25.4 Å². The van der Waals surface area contributed by atoms with E-state index in [1.165, 1.54) is 35.7 Å². The highest BCUT2D eigenvalue weighted by atomic mass is 19.1. The van der Waals surface area contributed by atoms with Gasteiger partial charge >= 0.3 is 0 Å². The van der Waals surface area contributed by atoms with Crippen LogP contribution in [0.15, 0.2) is 121 Å². The fourth-order valence-electron chi connectivity index (χ4n) is 7.86. The highest BCUT2D eigenvalue weighted by molar-refractivity contribution is 6.18. The van der Waals surface area contributed by atoms with Crippen molar-refractivity contribution in [2.24, 2.45) is 0 Å². The Morgan fingerprint density at radius 3 is 2.17 bits per heavy atom. The van der Waals surface area contributed by atoms with Crippen LogP contribution in [0.1, 0.15) is 67.1 Å². The van der Waals surface area contributed by atoms with Crippen LogP contribution in [0.25, 0.3) is 0 Å². The molecular formula is C41H45FN6. The quantitative estimate of drug-likeness (QED) is 0.227. The third-order valence-corrected chi connectivity index (χ3v) is 10.7. The Morgan fingerprint density at radius 1 is 0.812 bits per heavy atom. The molecule has 7 heteroatoms. The Balaban J connectivity index is 0.906. The first-order valence-corrected chi connectivity index (χ1v) is 17.3. The van der Waals surface area contributed by atoms with Crippen molar-refractivity contribution in [2.75, 3.05) is 36.0 Å². The number of likely N-dealkylation sites (tertiary alicyclic amines) is 1. The fraction of sp³-hybridized carbons (Fsp3) is 0.317. The molecule has 0 spiro atoms. The van der Waals surface area contributed by atoms with Crippen LogP contribution in [0.4, 0.5) is 15.8 Å². The van der Waals surface area contributed by atoms with Gasteiger partial charge in [-0.15, -0.1) is 0 Å². The Morgan fingerprint density at radius 2 is 1.48 bits per heavy atom. The summed E-state index contributed by atoms with van der Waals surface area (Å²) < 4.78 is 14.3. The minimum atomic E-state index is -0.433. The minimum absolute atomic E-state index is 0.0522. The largest absolute Gasteiger partial charge is 0.371 e. The molecule has 0 aliphatic carbocycles. The number of halogens is 1. The number of hydrogen-bond acceptors (Lipinski definition) is 6. The summed E-state index contributed by atoms with van der Waals surface area (Å²) in [7, 11) is 0. The number of nitrogens with zero attached hydrogens (tertiary/aromatic N) is 3. The van der Waals surface area contributed by atoms with E-state index in [4.69, 9.17) is 10.8 Å². The first-order valence-electron chi connectivity index (χ1n) is 17.3. The van der Waals surface area contributed by atoms with E-state index in [0.717, 1.165) is 68.9 Å². The molecule has 6 nitrogen and oxygen atoms in total. The van der Waals surface area contributed by atoms with Gasteiger partial charge in [0, 0.05) is 59.6 Å². The Labute approximate surface area is 284 Å². The highest BCUT2D eigenvalue weighted by Crippen LogP contribution is 2.36. The van der Waals surface area contributed by atoms with Crippen molar-refractivity contribution >= 4 is 22.8 Å². The van der Waals surface area contributed by atoms with Gasteiger partial charge in [-0.1, -0.05) is 49.6 Å². The molecule has 0 saturated carbocycles. The molecule has 48 heavy (non-hydrogen) atoms. The number of nitrogens with one attached hydrogen (secondary N) is 3. The summed E-state index contributed by atoms with van der Waals surface area (Å²) in [4.78, 5) is 7.18. The fourth-order valence-corrected chi connectivity index (χ4v) is 7.86. The molecule has 1 unspecified atom stereocenters. The lowest BCUT2D eigenvalue weighted by Crippen LogP contribution is -2.47. The lowest BCUT2D eigenvalue weighted by atomic mass is 9.87. The SMILES string of the molecule is C=C1CCC(c2ccc(N3CCC(N4CCC(c5ccc(N6C=CC(=N)/C6=C\C(=N)c6ccccc6F)cc5)CC4)CC3)cc2)C(=C)N1. The smallest absolute Gasteiger partial charge is 0.132 e. The number of piperidine rings is 3. The second kappa shape index (κ2) is 13.8. The van der Waals surface area contributed by atoms with Crippen LogP contribution >= 0.6 is 0 Å². The number of anilines is 2. The monoisotopic (exact) mass is 640 g/mol. The third-order valence-electron chi connectivity index (χ3n) is 10.7. The van der Waals surface area contributed by atoms with E-state index < -0.39 is 5.82 Å². The van der Waals surface area contributed by atoms with Gasteiger partial charge in [-0.25, -0.2) is 4.39 Å². The predicted octanol–water partition coefficient (Wildman–Crippen LogP) is 8.47. The molecule has 0 radical (unpaired) electrons. The van der Waals surface area contributed by atoms with Crippen molar-refractivity contribution in [3.63, 3.8) is 0 Å². The Kier molecular flexibility index (Phi) is 9.13. The van der Waals surface area contributed by atoms with Crippen LogP contribution in [0.3, 0.4) is 0 Å². The van der Waals surface area contributed by atoms with Gasteiger partial charge in [0.25, 0.3) is 0 Å². The summed E-state index contributed by atoms with van der Waals surface area (Å²) in [5, 5.41) is 20.2. The first-order chi connectivity index (χ1) is 23.3. The van der Waals surface area contributed by atoms with Crippen molar-refractivity contribution in [3.8, 4) is 0 Å². The Hall–Kier alpha value is -4.75. The van der Waals surface area contributed by atoms with Crippen molar-refractivity contribution in [1.82, 2.24) is 10.2 Å². The van der Waals surface area contributed by atoms with Gasteiger partial charge in [-0.2, -0.15) is 0 Å². The molecule has 4 aliphatic heterocycles. The summed E-state index contributed by atoms with van der Waals surface area (Å²) in [6.45, 7) is 12.8. The standard InChI is InChI=1S/C41H45FN6/c1-28-7-16-36(29(2)45-28)32-10-12-33(13-11-32)47-24-19-34(20-25-47)46-22-17-31(18-23-46)30-8-14-35(15-9-30)48-26-21-39(43)41(48)27-40(44)37-5-3-4-6-38(37)42/h3-6,8-15,21,26-27,31,34,36,43-45H,1-2,7,16-20,22-25H2/b41-27+,43-39?,44-40?. The maximum Gasteiger partial charge on any atom is 0.132 e. The molecule has 0 bridgehead atoms. The van der Waals surface area contributed by atoms with E-state index in [1.54, 1.807) is 30.4 Å². The molecule has 3 saturated heterocycles. The maximum absolute atomic E-state index is 14.3. The van der Waals surface area contributed by atoms with E-state index in [1.807, 2.05) is 11.1 Å². The zero-order chi connectivity index (χ0) is 33.2. The number of benzene rings is 3. The van der Waals surface area contributed by atoms with Gasteiger partial charge in [0.15, 0.2) is 0 Å². The van der Waals surface area contributed by atoms with Crippen molar-refractivity contribution < 1.29 is 4.39 Å². The molecular weight excluding hydrogens is 595 g/mol. The predicted molar refractivity (Wildman–Crippen MR) is 196 cm³/mol. The summed E-state index contributed by atoms with van der Waals surface area (Å²) in [6.07, 6.45) is 11.9. The maximum atomic E-state index is 14.3. The van der Waals surface area contributed by atoms with Crippen LogP contribution < -0.4 is 15.1 Å². The van der Waals surface area contributed by atoms with Gasteiger partial charge in [0.2, 0.25) is 0 Å². The molecule has 4 heterocycles. The van der Waals surface area contributed by atoms with Crippen LogP contribution in [0, 0.1) is 16.6 Å². The molecule has 0 aromatic heterocycles. The molecule has 7 rings (SSSR count). The van der Waals surface area contributed by atoms with E-state index in [2.05, 4.69) is 76.8 Å². The summed E-state index contributed by atoms with van der Waals surface area (Å²) >= 11 is 0. The van der Waals surface area contributed by atoms with Gasteiger partial charge in [0.05, 0.1) is 17.1 Å². The second-order valence-corrected chi connectivity index (χ2v) is 13.6. The molecule has 0 amide bonds. The number of allylic oxidation sites excluding steroid dienone is 4. The van der Waals surface area contributed by atoms with Crippen molar-refractivity contribution in [2.45, 2.75) is 56.4 Å². The van der Waals surface area contributed by atoms with Crippen molar-refractivity contribution in [3.05, 3.63) is 144 Å². The van der Waals surface area contributed by atoms with Crippen LogP contribution in [-0.2, 0) is 0 Å². The summed E-state index contributed by atoms with van der Waals surface area (Å²) in [5.74, 6) is 0.468. The molecule has 3 aromatic carbocycles. The summed E-state index contributed by atoms with van der Waals surface area (Å²) in [6, 6.07) is 24.7. The number of hydrogen-bond donors (Lipinski definition) is 3. The van der Waals surface area contributed by atoms with Crippen molar-refractivity contribution in [1.29, 1.82) is 10.8 Å². The molecule has 3 aromatic rings. The molecule has 4 aliphatic rings. The third kappa shape index (κ3) is 6.65. The Bertz CT molecular complexity index is 1760. The molecule has 246 valence electrons. The average molecular weight is 641 g/mol. The normalized spacial score (nSPS) is 22.1. The van der Waals surface area contributed by atoms with E-state index in [9.17, 15) is 4.39 Å². The van der Waals surface area contributed by atoms with Gasteiger partial charge in [-0.3, -0.25) is 5.41 Å². The van der Waals surface area contributed by atoms with E-state index in [0.29, 0.717) is 29.3 Å². The molecule has 3 N–H and O–H groups in total. The van der Waals surface area contributed by atoms with Crippen LogP contribution in [-0.4, -0.2) is 48.5 Å². The number of rotatable bonds is 7. The van der Waals surface area contributed by atoms with Crippen LogP contribution in [0.2, 0.25) is 0 Å². The summed E-state index contributed by atoms with van der Waals surface area (Å²) in [5.41, 5.74) is 8.25. The second-order valence-electron chi connectivity index (χ2n) is 13.6. The van der Waals surface area contributed by atoms with E-state index >= 15 is 0 Å². The van der Waals surface area contributed by atoms with Crippen LogP contribution in [0.5, 0.6) is 0 Å². The zero-order valence-corrected chi connectivity index (χ0v) is 27.6. The molecule has 3 fully saturated rings. The zero-order valence-electron chi connectivity index (χ0n) is 27.6.